The lowest BCUT2D eigenvalue weighted by Crippen LogP contribution is -2.53. The average molecular weight is 517 g/mol. The van der Waals surface area contributed by atoms with Crippen molar-refractivity contribution in [2.45, 2.75) is 38.9 Å². The molecule has 190 valence electrons. The van der Waals surface area contributed by atoms with E-state index in [2.05, 4.69) is 10.2 Å². The monoisotopic (exact) mass is 516 g/mol. The van der Waals surface area contributed by atoms with Crippen LogP contribution in [-0.2, 0) is 16.1 Å². The molecule has 2 saturated heterocycles. The van der Waals surface area contributed by atoms with E-state index >= 15 is 0 Å². The second kappa shape index (κ2) is 9.99. The number of hydrogen-bond donors (Lipinski definition) is 1. The van der Waals surface area contributed by atoms with Crippen molar-refractivity contribution in [1.82, 2.24) is 15.1 Å². The predicted octanol–water partition coefficient (Wildman–Crippen LogP) is 4.20. The maximum atomic E-state index is 14.3. The quantitative estimate of drug-likeness (QED) is 0.477. The van der Waals surface area contributed by atoms with Gasteiger partial charge in [-0.3, -0.25) is 14.5 Å². The van der Waals surface area contributed by atoms with E-state index in [1.807, 2.05) is 6.92 Å². The van der Waals surface area contributed by atoms with Crippen molar-refractivity contribution >= 4 is 41.2 Å². The molecular weight excluding hydrogens is 490 g/mol. The number of carbonyl (C=O) groups excluding carboxylic acids is 3. The number of halogens is 3. The molecule has 1 atom stereocenters. The van der Waals surface area contributed by atoms with Crippen LogP contribution in [0.4, 0.5) is 19.3 Å². The molecule has 0 radical (unpaired) electrons. The number of nitrogens with zero attached hydrogens (tertiary/aromatic N) is 3. The first-order valence-electron chi connectivity index (χ1n) is 11.6. The lowest BCUT2D eigenvalue weighted by molar-refractivity contribution is -0.130. The minimum atomic E-state index is -1.13. The molecule has 2 aliphatic rings. The summed E-state index contributed by atoms with van der Waals surface area (Å²) in [5, 5.41) is 2.33. The van der Waals surface area contributed by atoms with Gasteiger partial charge in [-0.1, -0.05) is 23.7 Å². The molecule has 36 heavy (non-hydrogen) atoms. The smallest absolute Gasteiger partial charge is 0.329 e. The molecule has 10 heteroatoms. The van der Waals surface area contributed by atoms with Gasteiger partial charge in [0.25, 0.3) is 5.91 Å². The van der Waals surface area contributed by atoms with E-state index in [9.17, 15) is 23.2 Å². The highest BCUT2D eigenvalue weighted by Crippen LogP contribution is 2.32. The van der Waals surface area contributed by atoms with E-state index in [1.165, 1.54) is 30.4 Å². The van der Waals surface area contributed by atoms with Crippen molar-refractivity contribution in [3.63, 3.8) is 0 Å². The standard InChI is InChI=1S/C26H27ClF2N4O3/c1-16-14-31(15-17-4-7-19(28)8-5-17)10-11-32(16)23(34)9-6-18-12-21(29)20(27)13-22(18)33-24(35)26(2,3)30-25(33)36/h4-9,12-13,16H,10-11,14-15H2,1-3H3,(H,30,36). The number of amides is 4. The number of urea groups is 1. The molecule has 4 rings (SSSR count). The largest absolute Gasteiger partial charge is 0.334 e. The van der Waals surface area contributed by atoms with Crippen LogP contribution in [0.3, 0.4) is 0 Å². The lowest BCUT2D eigenvalue weighted by Gasteiger charge is -2.39. The lowest BCUT2D eigenvalue weighted by atomic mass is 10.1. The van der Waals surface area contributed by atoms with Crippen molar-refractivity contribution in [3.8, 4) is 0 Å². The molecule has 2 fully saturated rings. The molecule has 0 aliphatic carbocycles. The van der Waals surface area contributed by atoms with Crippen LogP contribution in [0.1, 0.15) is 31.9 Å². The molecule has 2 aliphatic heterocycles. The first kappa shape index (κ1) is 25.8. The van der Waals surface area contributed by atoms with E-state index in [-0.39, 0.29) is 34.0 Å². The van der Waals surface area contributed by atoms with Gasteiger partial charge in [-0.25, -0.2) is 18.5 Å². The van der Waals surface area contributed by atoms with Crippen molar-refractivity contribution in [3.05, 3.63) is 70.3 Å². The van der Waals surface area contributed by atoms with Gasteiger partial charge in [-0.15, -0.1) is 0 Å². The van der Waals surface area contributed by atoms with E-state index in [0.717, 1.165) is 16.5 Å². The van der Waals surface area contributed by atoms with Crippen LogP contribution in [0, 0.1) is 11.6 Å². The Balaban J connectivity index is 1.48. The van der Waals surface area contributed by atoms with Gasteiger partial charge in [0.05, 0.1) is 10.7 Å². The molecule has 2 aromatic rings. The Hall–Kier alpha value is -3.30. The number of rotatable bonds is 5. The van der Waals surface area contributed by atoms with Gasteiger partial charge in [-0.05, 0) is 56.7 Å². The molecule has 0 aromatic heterocycles. The van der Waals surface area contributed by atoms with E-state index in [0.29, 0.717) is 26.2 Å². The predicted molar refractivity (Wildman–Crippen MR) is 133 cm³/mol. The van der Waals surface area contributed by atoms with Crippen LogP contribution in [0.2, 0.25) is 5.02 Å². The fourth-order valence-corrected chi connectivity index (χ4v) is 4.61. The Kier molecular flexibility index (Phi) is 7.15. The third-order valence-electron chi connectivity index (χ3n) is 6.39. The van der Waals surface area contributed by atoms with E-state index in [4.69, 9.17) is 11.6 Å². The van der Waals surface area contributed by atoms with Crippen LogP contribution >= 0.6 is 11.6 Å². The normalized spacial score (nSPS) is 20.3. The van der Waals surface area contributed by atoms with Crippen LogP contribution in [0.15, 0.2) is 42.5 Å². The maximum absolute atomic E-state index is 14.3. The molecular formula is C26H27ClF2N4O3. The number of nitrogens with one attached hydrogen (secondary N) is 1. The number of carbonyl (C=O) groups is 3. The zero-order valence-corrected chi connectivity index (χ0v) is 21.0. The number of anilines is 1. The summed E-state index contributed by atoms with van der Waals surface area (Å²) in [6, 6.07) is 7.90. The van der Waals surface area contributed by atoms with Gasteiger partial charge < -0.3 is 10.2 Å². The van der Waals surface area contributed by atoms with Crippen molar-refractivity contribution in [2.24, 2.45) is 0 Å². The fourth-order valence-electron chi connectivity index (χ4n) is 4.45. The van der Waals surface area contributed by atoms with Crippen LogP contribution < -0.4 is 10.2 Å². The zero-order chi connectivity index (χ0) is 26.2. The van der Waals surface area contributed by atoms with Crippen LogP contribution in [-0.4, -0.2) is 58.9 Å². The Morgan fingerprint density at radius 1 is 1.17 bits per heavy atom. The van der Waals surface area contributed by atoms with Gasteiger partial charge in [-0.2, -0.15) is 0 Å². The highest BCUT2D eigenvalue weighted by atomic mass is 35.5. The summed E-state index contributed by atoms with van der Waals surface area (Å²) in [7, 11) is 0. The summed E-state index contributed by atoms with van der Waals surface area (Å²) in [4.78, 5) is 43.1. The van der Waals surface area contributed by atoms with Gasteiger partial charge in [0.1, 0.15) is 17.2 Å². The molecule has 4 amide bonds. The molecule has 0 bridgehead atoms. The summed E-state index contributed by atoms with van der Waals surface area (Å²) >= 11 is 5.95. The first-order chi connectivity index (χ1) is 17.0. The van der Waals surface area contributed by atoms with Crippen molar-refractivity contribution in [1.29, 1.82) is 0 Å². The Bertz CT molecular complexity index is 1230. The maximum Gasteiger partial charge on any atom is 0.329 e. The Morgan fingerprint density at radius 3 is 2.47 bits per heavy atom. The molecule has 0 spiro atoms. The molecule has 1 unspecified atom stereocenters. The molecule has 7 nitrogen and oxygen atoms in total. The van der Waals surface area contributed by atoms with Gasteiger partial charge >= 0.3 is 6.03 Å². The Morgan fingerprint density at radius 2 is 1.86 bits per heavy atom. The van der Waals surface area contributed by atoms with E-state index < -0.39 is 23.3 Å². The minimum Gasteiger partial charge on any atom is -0.334 e. The highest BCUT2D eigenvalue weighted by Gasteiger charge is 2.45. The van der Waals surface area contributed by atoms with Crippen molar-refractivity contribution in [2.75, 3.05) is 24.5 Å². The number of piperazine rings is 1. The molecule has 2 heterocycles. The second-order valence-electron chi connectivity index (χ2n) is 9.60. The van der Waals surface area contributed by atoms with Crippen LogP contribution in [0.5, 0.6) is 0 Å². The summed E-state index contributed by atoms with van der Waals surface area (Å²) in [6.45, 7) is 7.47. The number of benzene rings is 2. The third-order valence-corrected chi connectivity index (χ3v) is 6.68. The average Bonchev–Trinajstić information content (AvgIpc) is 3.02. The van der Waals surface area contributed by atoms with Gasteiger partial charge in [0.15, 0.2) is 0 Å². The summed E-state index contributed by atoms with van der Waals surface area (Å²) < 4.78 is 27.4. The zero-order valence-electron chi connectivity index (χ0n) is 20.2. The molecule has 2 aromatic carbocycles. The summed E-state index contributed by atoms with van der Waals surface area (Å²) in [5.74, 6) is -1.80. The van der Waals surface area contributed by atoms with Gasteiger partial charge in [0.2, 0.25) is 5.91 Å². The highest BCUT2D eigenvalue weighted by molar-refractivity contribution is 6.32. The van der Waals surface area contributed by atoms with Crippen molar-refractivity contribution < 1.29 is 23.2 Å². The molecule has 0 saturated carbocycles. The topological polar surface area (TPSA) is 73.0 Å². The number of imide groups is 1. The Labute approximate surface area is 213 Å². The second-order valence-corrected chi connectivity index (χ2v) is 10.0. The molecule has 1 N–H and O–H groups in total. The SMILES string of the molecule is CC1CN(Cc2ccc(F)cc2)CCN1C(=O)C=Cc1cc(F)c(Cl)cc1N1C(=O)NC(C)(C)C1=O. The first-order valence-corrected chi connectivity index (χ1v) is 12.0. The minimum absolute atomic E-state index is 0.0930. The summed E-state index contributed by atoms with van der Waals surface area (Å²) in [6.07, 6.45) is 2.70. The third kappa shape index (κ3) is 5.27. The fraction of sp³-hybridized carbons (Fsp3) is 0.346. The van der Waals surface area contributed by atoms with Crippen LogP contribution in [0.25, 0.3) is 6.08 Å². The number of hydrogen-bond acceptors (Lipinski definition) is 4. The van der Waals surface area contributed by atoms with E-state index in [1.54, 1.807) is 30.9 Å². The summed E-state index contributed by atoms with van der Waals surface area (Å²) in [5.41, 5.74) is 0.131. The van der Waals surface area contributed by atoms with Gasteiger partial charge in [0, 0.05) is 43.9 Å².